The number of hydrogen-bond donors (Lipinski definition) is 1. The first kappa shape index (κ1) is 8.33. The second-order valence-electron chi connectivity index (χ2n) is 0.979. The lowest BCUT2D eigenvalue weighted by atomic mass is 11.0. The maximum Gasteiger partial charge on any atom is 0.0864 e. The van der Waals surface area contributed by atoms with E-state index < -0.39 is 0 Å². The van der Waals surface area contributed by atoms with Gasteiger partial charge in [0.2, 0.25) is 0 Å². The van der Waals surface area contributed by atoms with Crippen LogP contribution in [0.4, 0.5) is 0 Å². The summed E-state index contributed by atoms with van der Waals surface area (Å²) >= 11 is 4.50. The summed E-state index contributed by atoms with van der Waals surface area (Å²) in [5.74, 6) is 0. The largest absolute Gasteiger partial charge is 0.382 e. The van der Waals surface area contributed by atoms with E-state index in [1.807, 2.05) is 12.5 Å². The van der Waals surface area contributed by atoms with E-state index in [1.165, 1.54) is 12.0 Å². The average molecular weight is 198 g/mol. The third-order valence-electron chi connectivity index (χ3n) is 0.487. The molecule has 0 aromatic rings. The van der Waals surface area contributed by atoms with E-state index in [1.54, 1.807) is 7.11 Å². The predicted octanol–water partition coefficient (Wildman–Crippen LogP) is 1.69. The van der Waals surface area contributed by atoms with Gasteiger partial charge in [-0.25, -0.2) is 0 Å². The van der Waals surface area contributed by atoms with Crippen molar-refractivity contribution in [2.24, 2.45) is 0 Å². The minimum absolute atomic E-state index is 0.921. The Hall–Kier alpha value is 0.330. The number of halogens is 1. The van der Waals surface area contributed by atoms with E-state index in [0.717, 1.165) is 4.61 Å². The third-order valence-corrected chi connectivity index (χ3v) is 1.94. The molecule has 0 bridgehead atoms. The summed E-state index contributed by atoms with van der Waals surface area (Å²) < 4.78 is 5.61. The monoisotopic (exact) mass is 197 g/mol. The van der Waals surface area contributed by atoms with Gasteiger partial charge in [-0.05, 0) is 15.9 Å². The summed E-state index contributed by atoms with van der Waals surface area (Å²) in [5, 5.41) is 4.70. The molecule has 0 unspecified atom stereocenters. The SMILES string of the molecule is CN/C(Br)=C\SOC. The van der Waals surface area contributed by atoms with Crippen LogP contribution >= 0.6 is 28.0 Å². The van der Waals surface area contributed by atoms with Gasteiger partial charge < -0.3 is 9.50 Å². The van der Waals surface area contributed by atoms with E-state index in [9.17, 15) is 0 Å². The molecule has 1 N–H and O–H groups in total. The molecule has 0 atom stereocenters. The first-order valence-electron chi connectivity index (χ1n) is 2.04. The molecule has 4 heteroatoms. The van der Waals surface area contributed by atoms with Crippen molar-refractivity contribution >= 4 is 28.0 Å². The Kier molecular flexibility index (Phi) is 5.69. The maximum absolute atomic E-state index is 4.68. The molecule has 0 aromatic heterocycles. The maximum atomic E-state index is 4.68. The molecule has 0 spiro atoms. The topological polar surface area (TPSA) is 21.3 Å². The Morgan fingerprint density at radius 1 is 1.88 bits per heavy atom. The lowest BCUT2D eigenvalue weighted by Crippen LogP contribution is -1.97. The molecule has 8 heavy (non-hydrogen) atoms. The highest BCUT2D eigenvalue weighted by atomic mass is 79.9. The van der Waals surface area contributed by atoms with Crippen LogP contribution in [0.15, 0.2) is 10.0 Å². The van der Waals surface area contributed by atoms with Crippen LogP contribution in [0.3, 0.4) is 0 Å². The zero-order valence-electron chi connectivity index (χ0n) is 4.77. The van der Waals surface area contributed by atoms with E-state index >= 15 is 0 Å². The normalized spacial score (nSPS) is 11.6. The van der Waals surface area contributed by atoms with Gasteiger partial charge in [-0.3, -0.25) is 0 Å². The van der Waals surface area contributed by atoms with Gasteiger partial charge in [0.05, 0.1) is 11.7 Å². The molecule has 0 aliphatic rings. The van der Waals surface area contributed by atoms with Gasteiger partial charge in [0.15, 0.2) is 0 Å². The lowest BCUT2D eigenvalue weighted by Gasteiger charge is -1.92. The lowest BCUT2D eigenvalue weighted by molar-refractivity contribution is 0.494. The highest BCUT2D eigenvalue weighted by Crippen LogP contribution is 2.08. The van der Waals surface area contributed by atoms with Gasteiger partial charge in [-0.15, -0.1) is 0 Å². The zero-order chi connectivity index (χ0) is 6.41. The Morgan fingerprint density at radius 2 is 2.50 bits per heavy atom. The average Bonchev–Trinajstić information content (AvgIpc) is 1.83. The standard InChI is InChI=1S/C4H8BrNOS/c1-6-4(5)3-8-7-2/h3,6H,1-2H3/b4-3-. The molecule has 0 fully saturated rings. The van der Waals surface area contributed by atoms with Crippen molar-refractivity contribution in [3.63, 3.8) is 0 Å². The molecule has 48 valence electrons. The van der Waals surface area contributed by atoms with Crippen LogP contribution in [-0.4, -0.2) is 14.2 Å². The summed E-state index contributed by atoms with van der Waals surface area (Å²) in [5.41, 5.74) is 0. The second-order valence-corrected chi connectivity index (χ2v) is 2.59. The Bertz CT molecular complexity index is 86.1. The first-order chi connectivity index (χ1) is 3.81. The Balaban J connectivity index is 3.26. The van der Waals surface area contributed by atoms with Gasteiger partial charge in [0.1, 0.15) is 0 Å². The molecule has 0 radical (unpaired) electrons. The molecule has 0 saturated heterocycles. The minimum atomic E-state index is 0.921. The van der Waals surface area contributed by atoms with Gasteiger partial charge in [0, 0.05) is 24.5 Å². The van der Waals surface area contributed by atoms with Crippen molar-refractivity contribution < 1.29 is 4.18 Å². The quantitative estimate of drug-likeness (QED) is 0.550. The van der Waals surface area contributed by atoms with Crippen LogP contribution in [-0.2, 0) is 4.18 Å². The number of rotatable bonds is 3. The summed E-state index contributed by atoms with van der Waals surface area (Å²) in [7, 11) is 3.45. The fourth-order valence-electron chi connectivity index (χ4n) is 0.149. The van der Waals surface area contributed by atoms with Gasteiger partial charge >= 0.3 is 0 Å². The van der Waals surface area contributed by atoms with Crippen molar-refractivity contribution in [1.82, 2.24) is 5.32 Å². The molecule has 0 aliphatic heterocycles. The second kappa shape index (κ2) is 5.47. The fraction of sp³-hybridized carbons (Fsp3) is 0.500. The molecular formula is C4H8BrNOS. The van der Waals surface area contributed by atoms with Gasteiger partial charge in [0.25, 0.3) is 0 Å². The zero-order valence-corrected chi connectivity index (χ0v) is 7.17. The fourth-order valence-corrected chi connectivity index (χ4v) is 0.677. The predicted molar refractivity (Wildman–Crippen MR) is 40.7 cm³/mol. The van der Waals surface area contributed by atoms with E-state index in [4.69, 9.17) is 0 Å². The molecule has 0 aromatic carbocycles. The van der Waals surface area contributed by atoms with Crippen molar-refractivity contribution in [1.29, 1.82) is 0 Å². The van der Waals surface area contributed by atoms with Crippen molar-refractivity contribution in [2.45, 2.75) is 0 Å². The summed E-state index contributed by atoms with van der Waals surface area (Å²) in [6.07, 6.45) is 0. The van der Waals surface area contributed by atoms with Crippen LogP contribution in [0.25, 0.3) is 0 Å². The van der Waals surface area contributed by atoms with Crippen LogP contribution in [0.2, 0.25) is 0 Å². The minimum Gasteiger partial charge on any atom is -0.382 e. The summed E-state index contributed by atoms with van der Waals surface area (Å²) in [6, 6.07) is 0. The van der Waals surface area contributed by atoms with Crippen LogP contribution in [0, 0.1) is 0 Å². The molecule has 0 heterocycles. The summed E-state index contributed by atoms with van der Waals surface area (Å²) in [4.78, 5) is 0. The molecular weight excluding hydrogens is 190 g/mol. The van der Waals surface area contributed by atoms with Crippen LogP contribution in [0.1, 0.15) is 0 Å². The van der Waals surface area contributed by atoms with E-state index in [2.05, 4.69) is 25.4 Å². The molecule has 2 nitrogen and oxygen atoms in total. The Labute approximate surface area is 62.0 Å². The van der Waals surface area contributed by atoms with Crippen LogP contribution < -0.4 is 5.32 Å². The number of hydrogen-bond acceptors (Lipinski definition) is 3. The third kappa shape index (κ3) is 4.49. The first-order valence-corrected chi connectivity index (χ1v) is 3.64. The van der Waals surface area contributed by atoms with Gasteiger partial charge in [-0.1, -0.05) is 0 Å². The molecule has 0 rings (SSSR count). The van der Waals surface area contributed by atoms with Crippen molar-refractivity contribution in [3.8, 4) is 0 Å². The van der Waals surface area contributed by atoms with Crippen molar-refractivity contribution in [3.05, 3.63) is 10.0 Å². The van der Waals surface area contributed by atoms with E-state index in [0.29, 0.717) is 0 Å². The summed E-state index contributed by atoms with van der Waals surface area (Å²) in [6.45, 7) is 0. The molecule has 0 saturated carbocycles. The number of nitrogens with one attached hydrogen (secondary N) is 1. The highest BCUT2D eigenvalue weighted by Gasteiger charge is 1.81. The van der Waals surface area contributed by atoms with E-state index in [-0.39, 0.29) is 0 Å². The van der Waals surface area contributed by atoms with Crippen molar-refractivity contribution in [2.75, 3.05) is 14.2 Å². The van der Waals surface area contributed by atoms with Crippen LogP contribution in [0.5, 0.6) is 0 Å². The highest BCUT2D eigenvalue weighted by molar-refractivity contribution is 9.11. The smallest absolute Gasteiger partial charge is 0.0864 e. The Morgan fingerprint density at radius 3 is 2.88 bits per heavy atom. The molecule has 0 amide bonds. The molecule has 0 aliphatic carbocycles. The van der Waals surface area contributed by atoms with Gasteiger partial charge in [-0.2, -0.15) is 0 Å².